The fourth-order valence-corrected chi connectivity index (χ4v) is 1.93. The Labute approximate surface area is 114 Å². The van der Waals surface area contributed by atoms with Crippen LogP contribution in [0.25, 0.3) is 0 Å². The van der Waals surface area contributed by atoms with Crippen molar-refractivity contribution in [3.8, 4) is 0 Å². The number of hydrogen-bond acceptors (Lipinski definition) is 2. The minimum Gasteiger partial charge on any atom is -0.440 e. The Hall–Kier alpha value is -0.960. The molecule has 0 spiro atoms. The first kappa shape index (κ1) is 15.1. The van der Waals surface area contributed by atoms with E-state index in [2.05, 4.69) is 26.1 Å². The first-order valence-corrected chi connectivity index (χ1v) is 6.86. The van der Waals surface area contributed by atoms with E-state index in [0.29, 0.717) is 6.54 Å². The van der Waals surface area contributed by atoms with Gasteiger partial charge in [-0.05, 0) is 35.6 Å². The summed E-state index contributed by atoms with van der Waals surface area (Å²) < 4.78 is 5.06. The summed E-state index contributed by atoms with van der Waals surface area (Å²) in [7, 11) is 0. The maximum atomic E-state index is 11.8. The van der Waals surface area contributed by atoms with E-state index in [4.69, 9.17) is 16.0 Å². The molecule has 3 nitrogen and oxygen atoms in total. The molecule has 0 atom stereocenters. The smallest absolute Gasteiger partial charge is 0.287 e. The van der Waals surface area contributed by atoms with E-state index in [-0.39, 0.29) is 22.3 Å². The summed E-state index contributed by atoms with van der Waals surface area (Å²) in [5.41, 5.74) is 0.112. The maximum Gasteiger partial charge on any atom is 0.287 e. The Bertz CT molecular complexity index is 385. The third-order valence-corrected chi connectivity index (χ3v) is 3.18. The third kappa shape index (κ3) is 5.13. The first-order chi connectivity index (χ1) is 8.44. The molecule has 0 saturated heterocycles. The predicted octanol–water partition coefficient (Wildman–Crippen LogP) is 4.27. The first-order valence-electron chi connectivity index (χ1n) is 6.48. The molecule has 1 aromatic heterocycles. The highest BCUT2D eigenvalue weighted by atomic mass is 35.5. The molecule has 102 valence electrons. The van der Waals surface area contributed by atoms with E-state index in [1.807, 2.05) is 0 Å². The van der Waals surface area contributed by atoms with E-state index in [0.717, 1.165) is 6.42 Å². The Morgan fingerprint density at radius 1 is 1.39 bits per heavy atom. The molecule has 18 heavy (non-hydrogen) atoms. The minimum absolute atomic E-state index is 0.112. The largest absolute Gasteiger partial charge is 0.440 e. The number of unbranched alkanes of at least 4 members (excludes halogenated alkanes) is 2. The van der Waals surface area contributed by atoms with Crippen molar-refractivity contribution in [1.82, 2.24) is 5.32 Å². The van der Waals surface area contributed by atoms with Crippen LogP contribution in [0.5, 0.6) is 0 Å². The van der Waals surface area contributed by atoms with Gasteiger partial charge >= 0.3 is 0 Å². The number of halogens is 1. The molecule has 0 fully saturated rings. The highest BCUT2D eigenvalue weighted by molar-refractivity contribution is 6.29. The van der Waals surface area contributed by atoms with Crippen LogP contribution in [0.3, 0.4) is 0 Å². The van der Waals surface area contributed by atoms with Gasteiger partial charge < -0.3 is 9.73 Å². The van der Waals surface area contributed by atoms with Crippen molar-refractivity contribution < 1.29 is 9.21 Å². The molecule has 1 amide bonds. The number of amides is 1. The van der Waals surface area contributed by atoms with Gasteiger partial charge in [-0.25, -0.2) is 0 Å². The molecule has 0 aliphatic rings. The van der Waals surface area contributed by atoms with Gasteiger partial charge in [0.2, 0.25) is 0 Å². The molecule has 1 aromatic rings. The van der Waals surface area contributed by atoms with Crippen LogP contribution in [-0.4, -0.2) is 12.5 Å². The number of nitrogens with one attached hydrogen (secondary N) is 1. The van der Waals surface area contributed by atoms with Crippen LogP contribution in [0.1, 0.15) is 57.0 Å². The van der Waals surface area contributed by atoms with Crippen LogP contribution in [0.15, 0.2) is 16.5 Å². The molecule has 0 aliphatic carbocycles. The summed E-state index contributed by atoms with van der Waals surface area (Å²) in [4.78, 5) is 11.8. The SMILES string of the molecule is CCCCCC(C)(C)CNC(=O)c1ccc(Cl)o1. The van der Waals surface area contributed by atoms with E-state index in [9.17, 15) is 4.79 Å². The topological polar surface area (TPSA) is 42.2 Å². The van der Waals surface area contributed by atoms with Gasteiger partial charge in [0.05, 0.1) is 0 Å². The van der Waals surface area contributed by atoms with Crippen molar-refractivity contribution in [2.45, 2.75) is 46.5 Å². The van der Waals surface area contributed by atoms with Crippen LogP contribution in [-0.2, 0) is 0 Å². The molecule has 0 unspecified atom stereocenters. The van der Waals surface area contributed by atoms with Crippen molar-refractivity contribution in [2.75, 3.05) is 6.54 Å². The van der Waals surface area contributed by atoms with Crippen LogP contribution in [0.4, 0.5) is 0 Å². The molecule has 0 aliphatic heterocycles. The fraction of sp³-hybridized carbons (Fsp3) is 0.643. The Balaban J connectivity index is 2.37. The standard InChI is InChI=1S/C14H22ClNO2/c1-4-5-6-9-14(2,3)10-16-13(17)11-7-8-12(15)18-11/h7-8H,4-6,9-10H2,1-3H3,(H,16,17). The molecule has 0 saturated carbocycles. The second kappa shape index (κ2) is 6.83. The Morgan fingerprint density at radius 2 is 2.11 bits per heavy atom. The number of rotatable bonds is 7. The lowest BCUT2D eigenvalue weighted by molar-refractivity contribution is 0.0906. The van der Waals surface area contributed by atoms with Crippen molar-refractivity contribution in [3.05, 3.63) is 23.1 Å². The summed E-state index contributed by atoms with van der Waals surface area (Å²) in [5.74, 6) is 0.0647. The molecule has 0 radical (unpaired) electrons. The lowest BCUT2D eigenvalue weighted by Gasteiger charge is -2.24. The van der Waals surface area contributed by atoms with Crippen molar-refractivity contribution in [2.24, 2.45) is 5.41 Å². The molecule has 0 bridgehead atoms. The predicted molar refractivity (Wildman–Crippen MR) is 74.0 cm³/mol. The fourth-order valence-electron chi connectivity index (χ4n) is 1.78. The number of furan rings is 1. The summed E-state index contributed by atoms with van der Waals surface area (Å²) in [6, 6.07) is 3.16. The lowest BCUT2D eigenvalue weighted by atomic mass is 9.87. The van der Waals surface area contributed by atoms with Gasteiger partial charge in [0, 0.05) is 6.54 Å². The van der Waals surface area contributed by atoms with E-state index >= 15 is 0 Å². The second-order valence-electron chi connectivity index (χ2n) is 5.41. The minimum atomic E-state index is -0.203. The summed E-state index contributed by atoms with van der Waals surface area (Å²) in [6.07, 6.45) is 4.77. The molecular formula is C14H22ClNO2. The Kier molecular flexibility index (Phi) is 5.73. The summed E-state index contributed by atoms with van der Waals surface area (Å²) >= 11 is 5.63. The van der Waals surface area contributed by atoms with Gasteiger partial charge in [0.1, 0.15) is 0 Å². The number of carbonyl (C=O) groups is 1. The van der Waals surface area contributed by atoms with E-state index < -0.39 is 0 Å². The summed E-state index contributed by atoms with van der Waals surface area (Å²) in [5, 5.41) is 3.13. The maximum absolute atomic E-state index is 11.8. The van der Waals surface area contributed by atoms with Crippen LogP contribution >= 0.6 is 11.6 Å². The average Bonchev–Trinajstić information content (AvgIpc) is 2.73. The molecule has 1 rings (SSSR count). The third-order valence-electron chi connectivity index (χ3n) is 2.98. The zero-order chi connectivity index (χ0) is 13.6. The van der Waals surface area contributed by atoms with Crippen LogP contribution in [0.2, 0.25) is 5.22 Å². The van der Waals surface area contributed by atoms with Crippen LogP contribution in [0, 0.1) is 5.41 Å². The van der Waals surface area contributed by atoms with Crippen molar-refractivity contribution in [3.63, 3.8) is 0 Å². The van der Waals surface area contributed by atoms with Gasteiger partial charge in [0.15, 0.2) is 11.0 Å². The zero-order valence-electron chi connectivity index (χ0n) is 11.4. The Morgan fingerprint density at radius 3 is 2.67 bits per heavy atom. The molecule has 1 N–H and O–H groups in total. The van der Waals surface area contributed by atoms with Crippen molar-refractivity contribution in [1.29, 1.82) is 0 Å². The number of carbonyl (C=O) groups excluding carboxylic acids is 1. The van der Waals surface area contributed by atoms with Gasteiger partial charge in [0.25, 0.3) is 5.91 Å². The molecule has 0 aromatic carbocycles. The van der Waals surface area contributed by atoms with Gasteiger partial charge in [-0.15, -0.1) is 0 Å². The molecule has 1 heterocycles. The molecular weight excluding hydrogens is 250 g/mol. The van der Waals surface area contributed by atoms with Gasteiger partial charge in [-0.3, -0.25) is 4.79 Å². The second-order valence-corrected chi connectivity index (χ2v) is 5.78. The van der Waals surface area contributed by atoms with Crippen molar-refractivity contribution >= 4 is 17.5 Å². The quantitative estimate of drug-likeness (QED) is 0.753. The number of hydrogen-bond donors (Lipinski definition) is 1. The van der Waals surface area contributed by atoms with Gasteiger partial charge in [-0.1, -0.05) is 40.0 Å². The zero-order valence-corrected chi connectivity index (χ0v) is 12.1. The normalized spacial score (nSPS) is 11.6. The summed E-state index contributed by atoms with van der Waals surface area (Å²) in [6.45, 7) is 7.17. The average molecular weight is 272 g/mol. The monoisotopic (exact) mass is 271 g/mol. The van der Waals surface area contributed by atoms with Crippen LogP contribution < -0.4 is 5.32 Å². The molecule has 4 heteroatoms. The highest BCUT2D eigenvalue weighted by Gasteiger charge is 2.19. The lowest BCUT2D eigenvalue weighted by Crippen LogP contribution is -2.33. The van der Waals surface area contributed by atoms with E-state index in [1.54, 1.807) is 12.1 Å². The van der Waals surface area contributed by atoms with E-state index in [1.165, 1.54) is 19.3 Å². The van der Waals surface area contributed by atoms with Gasteiger partial charge in [-0.2, -0.15) is 0 Å². The highest BCUT2D eigenvalue weighted by Crippen LogP contribution is 2.23.